The minimum atomic E-state index is -3.49. The van der Waals surface area contributed by atoms with Gasteiger partial charge < -0.3 is 4.74 Å². The zero-order chi connectivity index (χ0) is 17.2. The fraction of sp³-hybridized carbons (Fsp3) is 0.267. The van der Waals surface area contributed by atoms with Gasteiger partial charge in [0.25, 0.3) is 5.88 Å². The lowest BCUT2D eigenvalue weighted by molar-refractivity contribution is 0.400. The van der Waals surface area contributed by atoms with Crippen molar-refractivity contribution >= 4 is 15.7 Å². The molecule has 2 aromatic heterocycles. The van der Waals surface area contributed by atoms with Crippen LogP contribution in [-0.4, -0.2) is 35.1 Å². The summed E-state index contributed by atoms with van der Waals surface area (Å²) in [5, 5.41) is 7.97. The lowest BCUT2D eigenvalue weighted by Gasteiger charge is -2.07. The highest BCUT2D eigenvalue weighted by atomic mass is 32.2. The topological polar surface area (TPSA) is 98.5 Å². The van der Waals surface area contributed by atoms with Crippen LogP contribution in [0.15, 0.2) is 36.7 Å². The van der Waals surface area contributed by atoms with E-state index in [1.165, 1.54) is 7.11 Å². The Bertz CT molecular complexity index is 968. The molecule has 0 fully saturated rings. The Balaban J connectivity index is 1.75. The molecule has 1 aromatic carbocycles. The molecule has 1 N–H and O–H groups in total. The highest BCUT2D eigenvalue weighted by Crippen LogP contribution is 2.14. The summed E-state index contributed by atoms with van der Waals surface area (Å²) < 4.78 is 33.8. The Morgan fingerprint density at radius 2 is 2.12 bits per heavy atom. The molecule has 0 spiro atoms. The number of fused-ring (bicyclic) bond motifs is 1. The molecule has 0 bridgehead atoms. The Labute approximate surface area is 139 Å². The van der Waals surface area contributed by atoms with Crippen molar-refractivity contribution in [3.63, 3.8) is 0 Å². The lowest BCUT2D eigenvalue weighted by Crippen LogP contribution is -2.25. The van der Waals surface area contributed by atoms with Crippen LogP contribution < -0.4 is 9.46 Å². The standard InChI is InChI=1S/C15H17N5O3S/c1-11-4-3-5-12(8-11)10-24(21,22)17-9-13-18-19-14-15(23-2)16-6-7-20(13)14/h3-8,17H,9-10H2,1-2H3. The summed E-state index contributed by atoms with van der Waals surface area (Å²) in [6.07, 6.45) is 3.20. The van der Waals surface area contributed by atoms with E-state index in [0.29, 0.717) is 17.4 Å². The predicted octanol–water partition coefficient (Wildman–Crippen LogP) is 1.06. The van der Waals surface area contributed by atoms with Gasteiger partial charge in [-0.05, 0) is 12.5 Å². The largest absolute Gasteiger partial charge is 0.478 e. The monoisotopic (exact) mass is 347 g/mol. The molecular formula is C15H17N5O3S. The quantitative estimate of drug-likeness (QED) is 0.716. The number of nitrogens with one attached hydrogen (secondary N) is 1. The third kappa shape index (κ3) is 3.52. The Hall–Kier alpha value is -2.52. The first-order valence-corrected chi connectivity index (χ1v) is 8.89. The molecule has 0 radical (unpaired) electrons. The molecular weight excluding hydrogens is 330 g/mol. The third-order valence-corrected chi connectivity index (χ3v) is 4.75. The van der Waals surface area contributed by atoms with Gasteiger partial charge in [0.05, 0.1) is 19.4 Å². The lowest BCUT2D eigenvalue weighted by atomic mass is 10.2. The maximum absolute atomic E-state index is 12.3. The molecule has 0 aliphatic rings. The van der Waals surface area contributed by atoms with Crippen molar-refractivity contribution in [2.24, 2.45) is 0 Å². The number of aryl methyl sites for hydroxylation is 1. The van der Waals surface area contributed by atoms with Crippen molar-refractivity contribution in [1.29, 1.82) is 0 Å². The Morgan fingerprint density at radius 1 is 1.29 bits per heavy atom. The number of benzene rings is 1. The first-order valence-electron chi connectivity index (χ1n) is 7.24. The number of hydrogen-bond donors (Lipinski definition) is 1. The van der Waals surface area contributed by atoms with Crippen molar-refractivity contribution in [3.05, 3.63) is 53.6 Å². The fourth-order valence-corrected chi connectivity index (χ4v) is 3.43. The van der Waals surface area contributed by atoms with Crippen LogP contribution in [0.25, 0.3) is 5.65 Å². The average molecular weight is 347 g/mol. The molecule has 0 amide bonds. The molecule has 0 saturated carbocycles. The van der Waals surface area contributed by atoms with Crippen LogP contribution in [0.5, 0.6) is 5.88 Å². The minimum Gasteiger partial charge on any atom is -0.478 e. The van der Waals surface area contributed by atoms with Gasteiger partial charge >= 0.3 is 0 Å². The molecule has 8 nitrogen and oxygen atoms in total. The fourth-order valence-electron chi connectivity index (χ4n) is 2.36. The summed E-state index contributed by atoms with van der Waals surface area (Å²) >= 11 is 0. The molecule has 0 aliphatic heterocycles. The van der Waals surface area contributed by atoms with E-state index >= 15 is 0 Å². The van der Waals surface area contributed by atoms with Gasteiger partial charge in [0.15, 0.2) is 5.82 Å². The summed E-state index contributed by atoms with van der Waals surface area (Å²) in [6, 6.07) is 7.40. The van der Waals surface area contributed by atoms with Crippen LogP contribution in [0.3, 0.4) is 0 Å². The predicted molar refractivity (Wildman–Crippen MR) is 88.0 cm³/mol. The van der Waals surface area contributed by atoms with Gasteiger partial charge in [0.1, 0.15) is 0 Å². The van der Waals surface area contributed by atoms with Crippen LogP contribution in [0.4, 0.5) is 0 Å². The molecule has 0 unspecified atom stereocenters. The molecule has 24 heavy (non-hydrogen) atoms. The van der Waals surface area contributed by atoms with Gasteiger partial charge in [-0.2, -0.15) is 0 Å². The molecule has 3 aromatic rings. The van der Waals surface area contributed by atoms with Crippen molar-refractivity contribution < 1.29 is 13.2 Å². The van der Waals surface area contributed by atoms with Crippen LogP contribution in [0.1, 0.15) is 17.0 Å². The molecule has 3 rings (SSSR count). The van der Waals surface area contributed by atoms with Gasteiger partial charge in [-0.3, -0.25) is 4.40 Å². The van der Waals surface area contributed by atoms with Crippen LogP contribution in [0, 0.1) is 6.92 Å². The number of hydrogen-bond acceptors (Lipinski definition) is 6. The summed E-state index contributed by atoms with van der Waals surface area (Å²) in [5.41, 5.74) is 2.19. The molecule has 126 valence electrons. The van der Waals surface area contributed by atoms with Crippen molar-refractivity contribution in [3.8, 4) is 5.88 Å². The number of aromatic nitrogens is 4. The smallest absolute Gasteiger partial charge is 0.260 e. The average Bonchev–Trinajstić information content (AvgIpc) is 2.96. The highest BCUT2D eigenvalue weighted by molar-refractivity contribution is 7.88. The van der Waals surface area contributed by atoms with E-state index in [9.17, 15) is 8.42 Å². The van der Waals surface area contributed by atoms with Gasteiger partial charge in [-0.1, -0.05) is 29.8 Å². The van der Waals surface area contributed by atoms with E-state index in [-0.39, 0.29) is 12.3 Å². The van der Waals surface area contributed by atoms with E-state index in [0.717, 1.165) is 11.1 Å². The second-order valence-corrected chi connectivity index (χ2v) is 7.12. The first-order chi connectivity index (χ1) is 11.5. The van der Waals surface area contributed by atoms with Crippen LogP contribution in [0.2, 0.25) is 0 Å². The van der Waals surface area contributed by atoms with E-state index in [1.807, 2.05) is 25.1 Å². The van der Waals surface area contributed by atoms with Crippen LogP contribution >= 0.6 is 0 Å². The highest BCUT2D eigenvalue weighted by Gasteiger charge is 2.15. The van der Waals surface area contributed by atoms with Gasteiger partial charge in [0, 0.05) is 12.4 Å². The van der Waals surface area contributed by atoms with Gasteiger partial charge in [-0.25, -0.2) is 18.1 Å². The maximum atomic E-state index is 12.3. The van der Waals surface area contributed by atoms with Gasteiger partial charge in [0.2, 0.25) is 15.7 Å². The number of ether oxygens (including phenoxy) is 1. The van der Waals surface area contributed by atoms with Crippen molar-refractivity contribution in [2.45, 2.75) is 19.2 Å². The van der Waals surface area contributed by atoms with E-state index in [4.69, 9.17) is 4.74 Å². The minimum absolute atomic E-state index is 0.0302. The summed E-state index contributed by atoms with van der Waals surface area (Å²) in [6.45, 7) is 1.95. The first kappa shape index (κ1) is 16.3. The maximum Gasteiger partial charge on any atom is 0.260 e. The molecule has 0 aliphatic carbocycles. The molecule has 0 atom stereocenters. The van der Waals surface area contributed by atoms with Crippen molar-refractivity contribution in [1.82, 2.24) is 24.3 Å². The zero-order valence-electron chi connectivity index (χ0n) is 13.3. The normalized spacial score (nSPS) is 11.8. The van der Waals surface area contributed by atoms with Crippen LogP contribution in [-0.2, 0) is 22.3 Å². The summed E-state index contributed by atoms with van der Waals surface area (Å²) in [7, 11) is -2.00. The number of rotatable bonds is 6. The third-order valence-electron chi connectivity index (χ3n) is 3.45. The zero-order valence-corrected chi connectivity index (χ0v) is 14.1. The number of nitrogens with zero attached hydrogens (tertiary/aromatic N) is 4. The number of methoxy groups -OCH3 is 1. The molecule has 0 saturated heterocycles. The summed E-state index contributed by atoms with van der Waals surface area (Å²) in [4.78, 5) is 4.03. The second kappa shape index (κ2) is 6.54. The van der Waals surface area contributed by atoms with E-state index in [2.05, 4.69) is 19.9 Å². The van der Waals surface area contributed by atoms with Gasteiger partial charge in [-0.15, -0.1) is 10.2 Å². The van der Waals surface area contributed by atoms with E-state index < -0.39 is 10.0 Å². The number of sulfonamides is 1. The van der Waals surface area contributed by atoms with E-state index in [1.54, 1.807) is 22.9 Å². The molecule has 2 heterocycles. The molecule has 9 heteroatoms. The van der Waals surface area contributed by atoms with Crippen molar-refractivity contribution in [2.75, 3.05) is 7.11 Å². The summed E-state index contributed by atoms with van der Waals surface area (Å²) in [5.74, 6) is 0.702. The Kier molecular flexibility index (Phi) is 4.45. The second-order valence-electron chi connectivity index (χ2n) is 5.32. The Morgan fingerprint density at radius 3 is 2.88 bits per heavy atom. The SMILES string of the molecule is COc1nccn2c(CNS(=O)(=O)Cc3cccc(C)c3)nnc12.